The van der Waals surface area contributed by atoms with Crippen molar-refractivity contribution in [2.75, 3.05) is 20.3 Å². The molecule has 1 aromatic carbocycles. The van der Waals surface area contributed by atoms with E-state index >= 15 is 0 Å². The Morgan fingerprint density at radius 1 is 1.24 bits per heavy atom. The molecule has 2 nitrogen and oxygen atoms in total. The molecule has 1 aliphatic rings. The Hall–Kier alpha value is -0.860. The van der Waals surface area contributed by atoms with Gasteiger partial charge in [-0.1, -0.05) is 39.0 Å². The highest BCUT2D eigenvalue weighted by molar-refractivity contribution is 5.40. The highest BCUT2D eigenvalue weighted by Crippen LogP contribution is 2.34. The molecule has 0 bridgehead atoms. The van der Waals surface area contributed by atoms with E-state index in [1.165, 1.54) is 16.7 Å². The standard InChI is InChI=1S/C15H23NO/c1-11-6-7-12(14(2,3)4)8-13(11)15(16-5)9-17-10-15/h6-8,16H,9-10H2,1-5H3. The van der Waals surface area contributed by atoms with E-state index in [-0.39, 0.29) is 11.0 Å². The Balaban J connectivity index is 2.46. The number of likely N-dealkylation sites (N-methyl/N-ethyl adjacent to an activating group) is 1. The third kappa shape index (κ3) is 2.12. The molecule has 1 saturated heterocycles. The number of ether oxygens (including phenoxy) is 1. The van der Waals surface area contributed by atoms with Gasteiger partial charge in [-0.3, -0.25) is 0 Å². The highest BCUT2D eigenvalue weighted by Gasteiger charge is 2.40. The van der Waals surface area contributed by atoms with Gasteiger partial charge in [0.15, 0.2) is 0 Å². The third-order valence-electron chi connectivity index (χ3n) is 3.79. The molecule has 94 valence electrons. The molecule has 0 aliphatic carbocycles. The van der Waals surface area contributed by atoms with E-state index < -0.39 is 0 Å². The highest BCUT2D eigenvalue weighted by atomic mass is 16.5. The van der Waals surface area contributed by atoms with E-state index in [1.807, 2.05) is 7.05 Å². The van der Waals surface area contributed by atoms with E-state index in [0.29, 0.717) is 0 Å². The lowest BCUT2D eigenvalue weighted by Gasteiger charge is -2.43. The van der Waals surface area contributed by atoms with Crippen LogP contribution >= 0.6 is 0 Å². The Kier molecular flexibility index (Phi) is 3.04. The predicted octanol–water partition coefficient (Wildman–Crippen LogP) is 2.74. The van der Waals surface area contributed by atoms with Crippen LogP contribution < -0.4 is 5.32 Å². The van der Waals surface area contributed by atoms with E-state index in [0.717, 1.165) is 13.2 Å². The second kappa shape index (κ2) is 4.11. The minimum Gasteiger partial charge on any atom is -0.377 e. The Morgan fingerprint density at radius 3 is 2.29 bits per heavy atom. The molecule has 1 aliphatic heterocycles. The monoisotopic (exact) mass is 233 g/mol. The Morgan fingerprint density at radius 2 is 1.88 bits per heavy atom. The van der Waals surface area contributed by atoms with Crippen LogP contribution in [-0.4, -0.2) is 20.3 Å². The van der Waals surface area contributed by atoms with E-state index in [1.54, 1.807) is 0 Å². The largest absolute Gasteiger partial charge is 0.377 e. The van der Waals surface area contributed by atoms with Gasteiger partial charge < -0.3 is 10.1 Å². The molecule has 1 aromatic rings. The van der Waals surface area contributed by atoms with Gasteiger partial charge >= 0.3 is 0 Å². The summed E-state index contributed by atoms with van der Waals surface area (Å²) < 4.78 is 5.40. The van der Waals surface area contributed by atoms with E-state index in [2.05, 4.69) is 51.2 Å². The molecule has 0 amide bonds. The zero-order valence-electron chi connectivity index (χ0n) is 11.6. The molecular weight excluding hydrogens is 210 g/mol. The summed E-state index contributed by atoms with van der Waals surface area (Å²) >= 11 is 0. The summed E-state index contributed by atoms with van der Waals surface area (Å²) in [7, 11) is 2.02. The van der Waals surface area contributed by atoms with E-state index in [4.69, 9.17) is 4.74 Å². The fourth-order valence-corrected chi connectivity index (χ4v) is 2.34. The van der Waals surface area contributed by atoms with Crippen LogP contribution in [0.2, 0.25) is 0 Å². The fraction of sp³-hybridized carbons (Fsp3) is 0.600. The minimum atomic E-state index is 0.0331. The lowest BCUT2D eigenvalue weighted by molar-refractivity contribution is -0.0751. The molecule has 0 saturated carbocycles. The molecule has 0 spiro atoms. The topological polar surface area (TPSA) is 21.3 Å². The van der Waals surface area contributed by atoms with Crippen LogP contribution in [0.5, 0.6) is 0 Å². The molecule has 0 unspecified atom stereocenters. The molecule has 1 N–H and O–H groups in total. The van der Waals surface area contributed by atoms with Crippen LogP contribution in [0.3, 0.4) is 0 Å². The van der Waals surface area contributed by atoms with Crippen molar-refractivity contribution >= 4 is 0 Å². The van der Waals surface area contributed by atoms with Gasteiger partial charge in [-0.2, -0.15) is 0 Å². The molecule has 17 heavy (non-hydrogen) atoms. The summed E-state index contributed by atoms with van der Waals surface area (Å²) in [6.07, 6.45) is 0. The molecule has 2 heteroatoms. The van der Waals surface area contributed by atoms with Gasteiger partial charge in [-0.15, -0.1) is 0 Å². The van der Waals surface area contributed by atoms with Crippen molar-refractivity contribution in [2.45, 2.75) is 38.6 Å². The van der Waals surface area contributed by atoms with Crippen molar-refractivity contribution in [1.82, 2.24) is 5.32 Å². The van der Waals surface area contributed by atoms with Crippen LogP contribution in [0.15, 0.2) is 18.2 Å². The van der Waals surface area contributed by atoms with Crippen molar-refractivity contribution in [3.8, 4) is 0 Å². The lowest BCUT2D eigenvalue weighted by Crippen LogP contribution is -2.56. The van der Waals surface area contributed by atoms with Gasteiger partial charge in [0.25, 0.3) is 0 Å². The van der Waals surface area contributed by atoms with Gasteiger partial charge in [0.2, 0.25) is 0 Å². The van der Waals surface area contributed by atoms with Crippen molar-refractivity contribution in [3.05, 3.63) is 34.9 Å². The van der Waals surface area contributed by atoms with Gasteiger partial charge in [-0.25, -0.2) is 0 Å². The van der Waals surface area contributed by atoms with Gasteiger partial charge in [0.1, 0.15) is 0 Å². The normalized spacial score (nSPS) is 18.9. The van der Waals surface area contributed by atoms with Crippen LogP contribution in [0, 0.1) is 6.92 Å². The average Bonchev–Trinajstić information content (AvgIpc) is 2.18. The number of nitrogens with one attached hydrogen (secondary N) is 1. The molecule has 0 atom stereocenters. The smallest absolute Gasteiger partial charge is 0.0908 e. The molecule has 2 rings (SSSR count). The van der Waals surface area contributed by atoms with Gasteiger partial charge in [-0.05, 0) is 36.1 Å². The minimum absolute atomic E-state index is 0.0331. The maximum atomic E-state index is 5.40. The number of aryl methyl sites for hydroxylation is 1. The van der Waals surface area contributed by atoms with Crippen molar-refractivity contribution in [1.29, 1.82) is 0 Å². The maximum Gasteiger partial charge on any atom is 0.0908 e. The summed E-state index contributed by atoms with van der Waals surface area (Å²) in [5.74, 6) is 0. The summed E-state index contributed by atoms with van der Waals surface area (Å²) in [6.45, 7) is 10.5. The molecule has 0 radical (unpaired) electrons. The van der Waals surface area contributed by atoms with Crippen LogP contribution in [-0.2, 0) is 15.7 Å². The summed E-state index contributed by atoms with van der Waals surface area (Å²) in [6, 6.07) is 6.81. The van der Waals surface area contributed by atoms with Crippen LogP contribution in [0.25, 0.3) is 0 Å². The fourth-order valence-electron chi connectivity index (χ4n) is 2.34. The quantitative estimate of drug-likeness (QED) is 0.848. The lowest BCUT2D eigenvalue weighted by atomic mass is 9.79. The molecule has 1 heterocycles. The number of hydrogen-bond acceptors (Lipinski definition) is 2. The first-order chi connectivity index (χ1) is 7.89. The SMILES string of the molecule is CNC1(c2cc(C(C)(C)C)ccc2C)COC1. The van der Waals surface area contributed by atoms with E-state index in [9.17, 15) is 0 Å². The molecular formula is C15H23NO. The zero-order chi connectivity index (χ0) is 12.7. The second-order valence-electron chi connectivity index (χ2n) is 6.10. The average molecular weight is 233 g/mol. The van der Waals surface area contributed by atoms with Crippen LogP contribution in [0.4, 0.5) is 0 Å². The number of rotatable bonds is 2. The molecule has 0 aromatic heterocycles. The van der Waals surface area contributed by atoms with Crippen molar-refractivity contribution in [2.24, 2.45) is 0 Å². The Labute approximate surface area is 104 Å². The Bertz CT molecular complexity index is 408. The molecule has 1 fully saturated rings. The van der Waals surface area contributed by atoms with Gasteiger partial charge in [0.05, 0.1) is 18.8 Å². The predicted molar refractivity (Wildman–Crippen MR) is 71.4 cm³/mol. The maximum absolute atomic E-state index is 5.40. The van der Waals surface area contributed by atoms with Gasteiger partial charge in [0, 0.05) is 0 Å². The van der Waals surface area contributed by atoms with Crippen molar-refractivity contribution in [3.63, 3.8) is 0 Å². The third-order valence-corrected chi connectivity index (χ3v) is 3.79. The summed E-state index contributed by atoms with van der Waals surface area (Å²) in [5.41, 5.74) is 4.35. The first kappa shape index (κ1) is 12.6. The number of benzene rings is 1. The first-order valence-electron chi connectivity index (χ1n) is 6.27. The number of hydrogen-bond donors (Lipinski definition) is 1. The summed E-state index contributed by atoms with van der Waals surface area (Å²) in [5, 5.41) is 3.43. The zero-order valence-corrected chi connectivity index (χ0v) is 11.6. The first-order valence-corrected chi connectivity index (χ1v) is 6.27. The second-order valence-corrected chi connectivity index (χ2v) is 6.10. The summed E-state index contributed by atoms with van der Waals surface area (Å²) in [4.78, 5) is 0. The van der Waals surface area contributed by atoms with Crippen molar-refractivity contribution < 1.29 is 4.74 Å². The van der Waals surface area contributed by atoms with Crippen LogP contribution in [0.1, 0.15) is 37.5 Å².